The SMILES string of the molecule is c1ccc(-c2ccc(-c3ccc(N(c4ccc(-c5cccc6c5oc5c(C7CCCCC7)cc7ccccc7c56)cc4)c4ccc(-c5cccc6c5oc5c(C7CCCCC7)cc7ccccc7c56)cc4)cc3)cc2)cc1. The van der Waals surface area contributed by atoms with Gasteiger partial charge in [0.05, 0.1) is 0 Å². The number of furan rings is 2. The second kappa shape index (κ2) is 19.2. The average molecular weight is 994 g/mol. The first-order valence-electron chi connectivity index (χ1n) is 28.2. The van der Waals surface area contributed by atoms with Gasteiger partial charge < -0.3 is 13.7 Å². The van der Waals surface area contributed by atoms with Crippen LogP contribution in [0.5, 0.6) is 0 Å². The van der Waals surface area contributed by atoms with Crippen molar-refractivity contribution >= 4 is 82.5 Å². The Morgan fingerprint density at radius 3 is 1.06 bits per heavy atom. The van der Waals surface area contributed by atoms with E-state index in [-0.39, 0.29) is 0 Å². The molecule has 2 aromatic heterocycles. The summed E-state index contributed by atoms with van der Waals surface area (Å²) < 4.78 is 14.3. The molecule has 0 unspecified atom stereocenters. The Balaban J connectivity index is 0.823. The summed E-state index contributed by atoms with van der Waals surface area (Å²) in [6.07, 6.45) is 12.7. The van der Waals surface area contributed by atoms with Crippen LogP contribution >= 0.6 is 0 Å². The molecule has 0 radical (unpaired) electrons. The van der Waals surface area contributed by atoms with E-state index in [0.29, 0.717) is 11.8 Å². The van der Waals surface area contributed by atoms with Crippen LogP contribution in [0.15, 0.2) is 233 Å². The van der Waals surface area contributed by atoms with Crippen LogP contribution < -0.4 is 4.90 Å². The number of hydrogen-bond acceptors (Lipinski definition) is 3. The molecule has 0 atom stereocenters. The Hall–Kier alpha value is -8.66. The molecule has 372 valence electrons. The molecule has 0 bridgehead atoms. The van der Waals surface area contributed by atoms with Crippen LogP contribution in [0.3, 0.4) is 0 Å². The van der Waals surface area contributed by atoms with Gasteiger partial charge in [0.2, 0.25) is 0 Å². The number of para-hydroxylation sites is 2. The fourth-order valence-corrected chi connectivity index (χ4v) is 13.6. The van der Waals surface area contributed by atoms with E-state index in [0.717, 1.165) is 61.6 Å². The van der Waals surface area contributed by atoms with E-state index in [1.165, 1.54) is 141 Å². The third kappa shape index (κ3) is 8.02. The summed E-state index contributed by atoms with van der Waals surface area (Å²) in [4.78, 5) is 2.38. The van der Waals surface area contributed by atoms with Gasteiger partial charge in [0.15, 0.2) is 0 Å². The van der Waals surface area contributed by atoms with Crippen LogP contribution in [0.2, 0.25) is 0 Å². The molecule has 13 aromatic rings. The number of nitrogens with zero attached hydrogens (tertiary/aromatic N) is 1. The molecule has 2 saturated carbocycles. The Morgan fingerprint density at radius 2 is 0.636 bits per heavy atom. The van der Waals surface area contributed by atoms with Crippen LogP contribution in [-0.2, 0) is 0 Å². The first-order chi connectivity index (χ1) is 38.2. The molecule has 2 fully saturated rings. The number of benzene rings is 11. The zero-order valence-electron chi connectivity index (χ0n) is 43.4. The van der Waals surface area contributed by atoms with Crippen LogP contribution in [0.1, 0.15) is 87.2 Å². The number of fused-ring (bicyclic) bond motifs is 10. The zero-order chi connectivity index (χ0) is 50.8. The quantitative estimate of drug-likeness (QED) is 0.144. The van der Waals surface area contributed by atoms with E-state index in [1.807, 2.05) is 0 Å². The van der Waals surface area contributed by atoms with Crippen molar-refractivity contribution in [2.45, 2.75) is 76.0 Å². The van der Waals surface area contributed by atoms with Crippen molar-refractivity contribution in [2.75, 3.05) is 4.90 Å². The summed E-state index contributed by atoms with van der Waals surface area (Å²) in [5.41, 5.74) is 19.3. The lowest BCUT2D eigenvalue weighted by Gasteiger charge is -2.26. The minimum absolute atomic E-state index is 0.521. The van der Waals surface area contributed by atoms with Crippen molar-refractivity contribution in [1.82, 2.24) is 0 Å². The van der Waals surface area contributed by atoms with Crippen LogP contribution in [0, 0.1) is 0 Å². The van der Waals surface area contributed by atoms with E-state index >= 15 is 0 Å². The maximum Gasteiger partial charge on any atom is 0.143 e. The van der Waals surface area contributed by atoms with Gasteiger partial charge in [-0.3, -0.25) is 0 Å². The molecule has 0 spiro atoms. The highest BCUT2D eigenvalue weighted by atomic mass is 16.3. The summed E-state index contributed by atoms with van der Waals surface area (Å²) in [5, 5.41) is 9.97. The minimum Gasteiger partial charge on any atom is -0.455 e. The molecule has 15 rings (SSSR count). The molecular formula is C74H59NO2. The molecular weight excluding hydrogens is 935 g/mol. The molecule has 0 N–H and O–H groups in total. The highest BCUT2D eigenvalue weighted by molar-refractivity contribution is 6.23. The molecule has 0 aliphatic heterocycles. The Morgan fingerprint density at radius 1 is 0.286 bits per heavy atom. The van der Waals surface area contributed by atoms with Crippen LogP contribution in [0.25, 0.3) is 110 Å². The molecule has 2 heterocycles. The number of anilines is 3. The standard InChI is InChI=1S/C74H59NO2/c1-4-16-48(17-5-1)49-30-32-50(33-31-49)51-34-40-58(41-35-51)75(59-42-36-54(37-43-59)63-26-14-28-65-69-61-24-12-10-22-56(61)46-67(73(69)76-71(63)65)52-18-6-2-7-19-52)60-44-38-55(39-45-60)64-27-15-29-66-70-62-25-13-11-23-57(62)47-68(74(70)77-72(64)66)53-20-8-3-9-21-53/h1,4-5,10-17,22-47,52-53H,2-3,6-9,18-21H2. The van der Waals surface area contributed by atoms with Gasteiger partial charge in [-0.2, -0.15) is 0 Å². The van der Waals surface area contributed by atoms with Crippen molar-refractivity contribution in [1.29, 1.82) is 0 Å². The topological polar surface area (TPSA) is 29.5 Å². The monoisotopic (exact) mass is 993 g/mol. The first-order valence-corrected chi connectivity index (χ1v) is 28.2. The normalized spacial score (nSPS) is 14.6. The lowest BCUT2D eigenvalue weighted by molar-refractivity contribution is 0.442. The molecule has 3 heteroatoms. The predicted octanol–water partition coefficient (Wildman–Crippen LogP) is 22.0. The van der Waals surface area contributed by atoms with Gasteiger partial charge in [-0.15, -0.1) is 0 Å². The third-order valence-corrected chi connectivity index (χ3v) is 17.5. The lowest BCUT2D eigenvalue weighted by Crippen LogP contribution is -2.09. The van der Waals surface area contributed by atoms with Gasteiger partial charge in [-0.25, -0.2) is 0 Å². The van der Waals surface area contributed by atoms with E-state index in [4.69, 9.17) is 8.83 Å². The Labute approximate surface area is 450 Å². The summed E-state index contributed by atoms with van der Waals surface area (Å²) in [6, 6.07) is 82.7. The van der Waals surface area contributed by atoms with Gasteiger partial charge >= 0.3 is 0 Å². The fraction of sp³-hybridized carbons (Fsp3) is 0.162. The minimum atomic E-state index is 0.521. The van der Waals surface area contributed by atoms with Crippen molar-refractivity contribution in [3.8, 4) is 44.5 Å². The number of hydrogen-bond donors (Lipinski definition) is 0. The molecule has 3 nitrogen and oxygen atoms in total. The Bertz CT molecular complexity index is 4080. The van der Waals surface area contributed by atoms with Crippen LogP contribution in [0.4, 0.5) is 17.1 Å². The van der Waals surface area contributed by atoms with Gasteiger partial charge in [0.25, 0.3) is 0 Å². The third-order valence-electron chi connectivity index (χ3n) is 17.5. The fourth-order valence-electron chi connectivity index (χ4n) is 13.6. The van der Waals surface area contributed by atoms with Crippen molar-refractivity contribution in [2.24, 2.45) is 0 Å². The van der Waals surface area contributed by atoms with E-state index < -0.39 is 0 Å². The molecule has 77 heavy (non-hydrogen) atoms. The van der Waals surface area contributed by atoms with E-state index in [2.05, 4.69) is 229 Å². The molecule has 0 amide bonds. The number of rotatable bonds is 9. The average Bonchev–Trinajstić information content (AvgIpc) is 4.34. The van der Waals surface area contributed by atoms with E-state index in [1.54, 1.807) is 0 Å². The molecule has 11 aromatic carbocycles. The summed E-state index contributed by atoms with van der Waals surface area (Å²) in [5.74, 6) is 1.04. The van der Waals surface area contributed by atoms with Gasteiger partial charge in [-0.05, 0) is 152 Å². The van der Waals surface area contributed by atoms with E-state index in [9.17, 15) is 0 Å². The van der Waals surface area contributed by atoms with Gasteiger partial charge in [0, 0.05) is 49.7 Å². The second-order valence-electron chi connectivity index (χ2n) is 21.9. The summed E-state index contributed by atoms with van der Waals surface area (Å²) in [6.45, 7) is 0. The van der Waals surface area contributed by atoms with Gasteiger partial charge in [0.1, 0.15) is 22.3 Å². The molecule has 2 aliphatic rings. The first kappa shape index (κ1) is 45.7. The smallest absolute Gasteiger partial charge is 0.143 e. The van der Waals surface area contributed by atoms with Gasteiger partial charge in [-0.1, -0.05) is 214 Å². The highest BCUT2D eigenvalue weighted by Crippen LogP contribution is 2.48. The van der Waals surface area contributed by atoms with Crippen molar-refractivity contribution in [3.63, 3.8) is 0 Å². The molecule has 2 aliphatic carbocycles. The maximum absolute atomic E-state index is 7.15. The lowest BCUT2D eigenvalue weighted by atomic mass is 9.82. The maximum atomic E-state index is 7.15. The van der Waals surface area contributed by atoms with Crippen molar-refractivity contribution in [3.05, 3.63) is 236 Å². The summed E-state index contributed by atoms with van der Waals surface area (Å²) in [7, 11) is 0. The Kier molecular flexibility index (Phi) is 11.4. The summed E-state index contributed by atoms with van der Waals surface area (Å²) >= 11 is 0. The zero-order valence-corrected chi connectivity index (χ0v) is 43.4. The van der Waals surface area contributed by atoms with Crippen molar-refractivity contribution < 1.29 is 8.83 Å². The highest BCUT2D eigenvalue weighted by Gasteiger charge is 2.26. The van der Waals surface area contributed by atoms with Crippen LogP contribution in [-0.4, -0.2) is 0 Å². The molecule has 0 saturated heterocycles. The largest absolute Gasteiger partial charge is 0.455 e. The predicted molar refractivity (Wildman–Crippen MR) is 324 cm³/mol. The second-order valence-corrected chi connectivity index (χ2v) is 21.9.